The predicted molar refractivity (Wildman–Crippen MR) is 69.9 cm³/mol. The molecule has 0 spiro atoms. The number of pyridine rings is 1. The summed E-state index contributed by atoms with van der Waals surface area (Å²) in [7, 11) is 0. The summed E-state index contributed by atoms with van der Waals surface area (Å²) in [6.07, 6.45) is 4.23. The molecule has 3 rings (SSSR count). The average molecular weight is 262 g/mol. The molecule has 0 atom stereocenters. The van der Waals surface area contributed by atoms with Gasteiger partial charge in [-0.2, -0.15) is 0 Å². The Hall–Kier alpha value is -1.81. The minimum atomic E-state index is -0.151. The lowest BCUT2D eigenvalue weighted by molar-refractivity contribution is 0.101. The molecular formula is C13H12ClN3O. The zero-order valence-corrected chi connectivity index (χ0v) is 10.4. The zero-order valence-electron chi connectivity index (χ0n) is 9.64. The van der Waals surface area contributed by atoms with Crippen LogP contribution >= 0.6 is 11.6 Å². The van der Waals surface area contributed by atoms with Gasteiger partial charge in [0.25, 0.3) is 5.91 Å². The Labute approximate surface area is 110 Å². The first kappa shape index (κ1) is 11.3. The number of halogens is 1. The number of hydrogen-bond acceptors (Lipinski definition) is 2. The van der Waals surface area contributed by atoms with Crippen molar-refractivity contribution in [2.45, 2.75) is 18.9 Å². The second kappa shape index (κ2) is 4.46. The highest BCUT2D eigenvalue weighted by Crippen LogP contribution is 2.36. The highest BCUT2D eigenvalue weighted by Gasteiger charge is 2.26. The number of rotatable bonds is 3. The molecule has 0 unspecified atom stereocenters. The lowest BCUT2D eigenvalue weighted by Crippen LogP contribution is -2.17. The van der Waals surface area contributed by atoms with Crippen molar-refractivity contribution in [3.05, 3.63) is 47.4 Å². The van der Waals surface area contributed by atoms with Crippen LogP contribution < -0.4 is 5.32 Å². The zero-order chi connectivity index (χ0) is 12.5. The van der Waals surface area contributed by atoms with E-state index in [1.54, 1.807) is 18.2 Å². The molecule has 1 fully saturated rings. The summed E-state index contributed by atoms with van der Waals surface area (Å²) in [6, 6.07) is 9.33. The van der Waals surface area contributed by atoms with E-state index in [0.29, 0.717) is 22.7 Å². The van der Waals surface area contributed by atoms with Crippen LogP contribution in [-0.4, -0.2) is 15.5 Å². The summed E-state index contributed by atoms with van der Waals surface area (Å²) in [6.45, 7) is 0. The van der Waals surface area contributed by atoms with Gasteiger partial charge < -0.3 is 9.88 Å². The van der Waals surface area contributed by atoms with E-state index in [9.17, 15) is 4.79 Å². The van der Waals surface area contributed by atoms with Gasteiger partial charge in [-0.15, -0.1) is 0 Å². The number of carbonyl (C=O) groups is 1. The number of hydrogen-bond donors (Lipinski definition) is 1. The van der Waals surface area contributed by atoms with Crippen molar-refractivity contribution in [2.75, 3.05) is 5.32 Å². The fraction of sp³-hybridized carbons (Fsp3) is 0.231. The molecule has 1 N–H and O–H groups in total. The van der Waals surface area contributed by atoms with Crippen LogP contribution in [0.1, 0.15) is 29.4 Å². The number of amides is 1. The largest absolute Gasteiger partial charge is 0.340 e. The molecule has 4 nitrogen and oxygen atoms in total. The van der Waals surface area contributed by atoms with Gasteiger partial charge in [0.15, 0.2) is 0 Å². The van der Waals surface area contributed by atoms with Gasteiger partial charge in [0.1, 0.15) is 16.7 Å². The maximum absolute atomic E-state index is 12.1. The number of anilines is 1. The Morgan fingerprint density at radius 2 is 2.17 bits per heavy atom. The Morgan fingerprint density at radius 1 is 1.33 bits per heavy atom. The van der Waals surface area contributed by atoms with E-state index in [0.717, 1.165) is 12.8 Å². The number of nitrogens with one attached hydrogen (secondary N) is 1. The molecule has 0 bridgehead atoms. The topological polar surface area (TPSA) is 46.9 Å². The van der Waals surface area contributed by atoms with Crippen LogP contribution in [0.4, 0.5) is 5.82 Å². The Bertz CT molecular complexity index is 589. The van der Waals surface area contributed by atoms with Gasteiger partial charge in [0, 0.05) is 12.2 Å². The maximum atomic E-state index is 12.1. The van der Waals surface area contributed by atoms with E-state index in [-0.39, 0.29) is 5.91 Å². The highest BCUT2D eigenvalue weighted by atomic mass is 35.5. The van der Waals surface area contributed by atoms with Crippen LogP contribution in [0.15, 0.2) is 36.5 Å². The lowest BCUT2D eigenvalue weighted by atomic mass is 10.3. The smallest absolute Gasteiger partial charge is 0.273 e. The molecular weight excluding hydrogens is 250 g/mol. The van der Waals surface area contributed by atoms with Crippen LogP contribution in [0.3, 0.4) is 0 Å². The Balaban J connectivity index is 1.80. The van der Waals surface area contributed by atoms with Crippen LogP contribution in [0.2, 0.25) is 5.15 Å². The second-order valence-corrected chi connectivity index (χ2v) is 4.72. The van der Waals surface area contributed by atoms with Crippen LogP contribution in [0.25, 0.3) is 0 Å². The third kappa shape index (κ3) is 2.24. The van der Waals surface area contributed by atoms with Crippen molar-refractivity contribution in [1.82, 2.24) is 9.55 Å². The van der Waals surface area contributed by atoms with Crippen molar-refractivity contribution in [1.29, 1.82) is 0 Å². The van der Waals surface area contributed by atoms with Gasteiger partial charge in [0.05, 0.1) is 0 Å². The van der Waals surface area contributed by atoms with E-state index in [2.05, 4.69) is 10.3 Å². The Morgan fingerprint density at radius 3 is 2.89 bits per heavy atom. The summed E-state index contributed by atoms with van der Waals surface area (Å²) in [5, 5.41) is 3.12. The fourth-order valence-electron chi connectivity index (χ4n) is 1.92. The molecule has 0 aliphatic heterocycles. The van der Waals surface area contributed by atoms with E-state index in [1.165, 1.54) is 0 Å². The van der Waals surface area contributed by atoms with Crippen molar-refractivity contribution in [2.24, 2.45) is 0 Å². The van der Waals surface area contributed by atoms with Crippen molar-refractivity contribution < 1.29 is 4.79 Å². The molecule has 1 amide bonds. The molecule has 2 aromatic rings. The van der Waals surface area contributed by atoms with E-state index >= 15 is 0 Å². The molecule has 0 radical (unpaired) electrons. The summed E-state index contributed by atoms with van der Waals surface area (Å²) in [5.41, 5.74) is 0.666. The predicted octanol–water partition coefficient (Wildman–Crippen LogP) is 3.12. The molecule has 5 heteroatoms. The minimum absolute atomic E-state index is 0.151. The van der Waals surface area contributed by atoms with Crippen molar-refractivity contribution in [3.63, 3.8) is 0 Å². The van der Waals surface area contributed by atoms with Crippen molar-refractivity contribution in [3.8, 4) is 0 Å². The fourth-order valence-corrected chi connectivity index (χ4v) is 2.08. The van der Waals surface area contributed by atoms with E-state index < -0.39 is 0 Å². The third-order valence-electron chi connectivity index (χ3n) is 2.91. The number of carbonyl (C=O) groups excluding carboxylic acids is 1. The minimum Gasteiger partial charge on any atom is -0.340 e. The van der Waals surface area contributed by atoms with Gasteiger partial charge in [-0.05, 0) is 37.1 Å². The molecule has 1 aliphatic rings. The van der Waals surface area contributed by atoms with Gasteiger partial charge in [-0.3, -0.25) is 4.79 Å². The summed E-state index contributed by atoms with van der Waals surface area (Å²) in [5.74, 6) is 0.317. The van der Waals surface area contributed by atoms with E-state index in [1.807, 2.05) is 22.9 Å². The molecule has 2 aromatic heterocycles. The monoisotopic (exact) mass is 261 g/mol. The molecule has 1 saturated carbocycles. The molecule has 92 valence electrons. The van der Waals surface area contributed by atoms with Crippen molar-refractivity contribution >= 4 is 23.3 Å². The molecule has 1 aliphatic carbocycles. The maximum Gasteiger partial charge on any atom is 0.273 e. The molecule has 0 aromatic carbocycles. The SMILES string of the molecule is O=C(Nc1cccc(Cl)n1)c1cccn1C1CC1. The van der Waals surface area contributed by atoms with Gasteiger partial charge >= 0.3 is 0 Å². The molecule has 2 heterocycles. The summed E-state index contributed by atoms with van der Waals surface area (Å²) >= 11 is 5.78. The first-order valence-electron chi connectivity index (χ1n) is 5.85. The van der Waals surface area contributed by atoms with Gasteiger partial charge in [0.2, 0.25) is 0 Å². The number of aromatic nitrogens is 2. The van der Waals surface area contributed by atoms with Crippen LogP contribution in [-0.2, 0) is 0 Å². The quantitative estimate of drug-likeness (QED) is 0.863. The molecule has 0 saturated heterocycles. The first-order valence-corrected chi connectivity index (χ1v) is 6.22. The lowest BCUT2D eigenvalue weighted by Gasteiger charge is -2.08. The summed E-state index contributed by atoms with van der Waals surface area (Å²) < 4.78 is 2.01. The standard InChI is InChI=1S/C13H12ClN3O/c14-11-4-1-5-12(15-11)16-13(18)10-3-2-8-17(10)9-6-7-9/h1-5,8-9H,6-7H2,(H,15,16,18). The number of nitrogens with zero attached hydrogens (tertiary/aromatic N) is 2. The third-order valence-corrected chi connectivity index (χ3v) is 3.12. The Kier molecular flexibility index (Phi) is 2.80. The second-order valence-electron chi connectivity index (χ2n) is 4.33. The van der Waals surface area contributed by atoms with E-state index in [4.69, 9.17) is 11.6 Å². The first-order chi connectivity index (χ1) is 8.74. The normalized spacial score (nSPS) is 14.5. The summed E-state index contributed by atoms with van der Waals surface area (Å²) in [4.78, 5) is 16.2. The average Bonchev–Trinajstić information content (AvgIpc) is 3.06. The van der Waals surface area contributed by atoms with Crippen LogP contribution in [0.5, 0.6) is 0 Å². The highest BCUT2D eigenvalue weighted by molar-refractivity contribution is 6.29. The van der Waals surface area contributed by atoms with Gasteiger partial charge in [-0.25, -0.2) is 4.98 Å². The van der Waals surface area contributed by atoms with Gasteiger partial charge in [-0.1, -0.05) is 17.7 Å². The molecule has 18 heavy (non-hydrogen) atoms. The van der Waals surface area contributed by atoms with Crippen LogP contribution in [0, 0.1) is 0 Å².